The Morgan fingerprint density at radius 3 is 2.57 bits per heavy atom. The zero-order chi connectivity index (χ0) is 21.8. The van der Waals surface area contributed by atoms with Crippen LogP contribution in [0, 0.1) is 0 Å². The summed E-state index contributed by atoms with van der Waals surface area (Å²) in [7, 11) is 0. The highest BCUT2D eigenvalue weighted by Gasteiger charge is 2.56. The second-order valence-corrected chi connectivity index (χ2v) is 7.44. The minimum atomic E-state index is -1.11. The fraction of sp³-hybridized carbons (Fsp3) is 0.556. The van der Waals surface area contributed by atoms with Gasteiger partial charge in [-0.15, -0.1) is 0 Å². The molecule has 12 heteroatoms. The molecule has 3 N–H and O–H groups in total. The van der Waals surface area contributed by atoms with Crippen LogP contribution >= 0.6 is 0 Å². The van der Waals surface area contributed by atoms with Gasteiger partial charge in [0, 0.05) is 0 Å². The van der Waals surface area contributed by atoms with Crippen LogP contribution in [0.15, 0.2) is 20.4 Å². The number of nitrogens with one attached hydrogen (secondary N) is 2. The summed E-state index contributed by atoms with van der Waals surface area (Å²) in [6.45, 7) is 4.59. The van der Waals surface area contributed by atoms with E-state index in [1.165, 1.54) is 0 Å². The van der Waals surface area contributed by atoms with Crippen molar-refractivity contribution in [2.24, 2.45) is 0 Å². The predicted octanol–water partition coefficient (Wildman–Crippen LogP) is -1.04. The summed E-state index contributed by atoms with van der Waals surface area (Å²) in [5, 5.41) is 9.53. The molecule has 2 aromatic rings. The molecule has 0 radical (unpaired) electrons. The number of aliphatic hydroxyl groups excluding tert-OH is 1. The van der Waals surface area contributed by atoms with Crippen LogP contribution in [0.2, 0.25) is 0 Å². The van der Waals surface area contributed by atoms with Gasteiger partial charge in [-0.2, -0.15) is 0 Å². The lowest BCUT2D eigenvalue weighted by atomic mass is 10.1. The van der Waals surface area contributed by atoms with E-state index in [0.717, 1.165) is 10.6 Å². The Bertz CT molecular complexity index is 1180. The van der Waals surface area contributed by atoms with E-state index in [0.29, 0.717) is 0 Å². The summed E-state index contributed by atoms with van der Waals surface area (Å²) in [6.07, 6.45) is -3.36. The Labute approximate surface area is 168 Å². The number of fused-ring (bicyclic) bond motifs is 2. The van der Waals surface area contributed by atoms with Gasteiger partial charge in [0.2, 0.25) is 0 Å². The van der Waals surface area contributed by atoms with Crippen molar-refractivity contribution in [3.63, 3.8) is 0 Å². The molecule has 0 saturated carbocycles. The highest BCUT2D eigenvalue weighted by molar-refractivity contribution is 5.92. The summed E-state index contributed by atoms with van der Waals surface area (Å²) >= 11 is 0. The third kappa shape index (κ3) is 3.17. The molecular weight excluding hydrogens is 402 g/mol. The molecule has 2 aliphatic heterocycles. The van der Waals surface area contributed by atoms with Gasteiger partial charge in [0.25, 0.3) is 11.1 Å². The molecule has 0 aromatic carbocycles. The Balaban J connectivity index is 1.90. The van der Waals surface area contributed by atoms with E-state index in [2.05, 4.69) is 9.97 Å². The fourth-order valence-corrected chi connectivity index (χ4v) is 3.83. The zero-order valence-corrected chi connectivity index (χ0v) is 16.5. The first kappa shape index (κ1) is 20.5. The summed E-state index contributed by atoms with van der Waals surface area (Å²) in [5.74, 6) is -1.89. The highest BCUT2D eigenvalue weighted by Crippen LogP contribution is 2.42. The topological polar surface area (TPSA) is 162 Å². The number of hydrogen-bond donors (Lipinski definition) is 3. The van der Waals surface area contributed by atoms with Crippen LogP contribution < -0.4 is 16.8 Å². The van der Waals surface area contributed by atoms with Gasteiger partial charge in [0.05, 0.1) is 18.6 Å². The summed E-state index contributed by atoms with van der Waals surface area (Å²) in [6, 6.07) is 1.06. The average Bonchev–Trinajstić information content (AvgIpc) is 3.14. The van der Waals surface area contributed by atoms with E-state index in [1.54, 1.807) is 20.8 Å². The number of hydrogen-bond acceptors (Lipinski definition) is 9. The Morgan fingerprint density at radius 1 is 1.20 bits per heavy atom. The van der Waals surface area contributed by atoms with Crippen LogP contribution in [-0.4, -0.2) is 62.9 Å². The van der Waals surface area contributed by atoms with E-state index in [1.807, 2.05) is 0 Å². The molecule has 4 rings (SSSR count). The zero-order valence-electron chi connectivity index (χ0n) is 16.5. The van der Waals surface area contributed by atoms with Gasteiger partial charge in [0.15, 0.2) is 12.0 Å². The number of ether oxygens (including phenoxy) is 4. The molecule has 12 nitrogen and oxygen atoms in total. The molecule has 2 fully saturated rings. The quantitative estimate of drug-likeness (QED) is 0.522. The number of carbonyl (C=O) groups is 1. The fourth-order valence-electron chi connectivity index (χ4n) is 3.83. The molecule has 30 heavy (non-hydrogen) atoms. The van der Waals surface area contributed by atoms with Gasteiger partial charge in [0.1, 0.15) is 29.5 Å². The van der Waals surface area contributed by atoms with Crippen molar-refractivity contribution in [2.75, 3.05) is 13.2 Å². The lowest BCUT2D eigenvalue weighted by molar-refractivity contribution is -0.200. The van der Waals surface area contributed by atoms with Gasteiger partial charge in [-0.3, -0.25) is 14.6 Å². The minimum Gasteiger partial charge on any atom is -0.462 e. The number of carbonyl (C=O) groups excluding carboxylic acids is 1. The normalized spacial score (nSPS) is 27.3. The first-order chi connectivity index (χ1) is 14.2. The molecule has 0 unspecified atom stereocenters. The van der Waals surface area contributed by atoms with Crippen molar-refractivity contribution < 1.29 is 28.8 Å². The molecule has 0 aliphatic carbocycles. The van der Waals surface area contributed by atoms with Gasteiger partial charge in [-0.05, 0) is 26.8 Å². The number of nitrogens with zero attached hydrogens (tertiary/aromatic N) is 1. The van der Waals surface area contributed by atoms with Crippen molar-refractivity contribution in [3.8, 4) is 0 Å². The van der Waals surface area contributed by atoms with E-state index >= 15 is 0 Å². The van der Waals surface area contributed by atoms with Crippen LogP contribution in [0.1, 0.15) is 37.4 Å². The standard InChI is InChI=1S/C18H21N3O9/c1-4-27-16(25)8-5-7-12(19-14(8)24)21(17(26)20-13(7)23)15-11-10(9(6-22)28-15)29-18(2,3)30-11/h5,9-11,15,22H,4,6H2,1-3H3,(H,19,24)(H,20,23,26)/t9-,10-,11-,15-/m1/s1. The largest absolute Gasteiger partial charge is 0.462 e. The number of H-pyrrole nitrogens is 2. The third-order valence-corrected chi connectivity index (χ3v) is 5.00. The third-order valence-electron chi connectivity index (χ3n) is 5.00. The second-order valence-electron chi connectivity index (χ2n) is 7.44. The minimum absolute atomic E-state index is 0.0425. The average molecular weight is 423 g/mol. The van der Waals surface area contributed by atoms with Crippen molar-refractivity contribution in [1.29, 1.82) is 0 Å². The van der Waals surface area contributed by atoms with E-state index < -0.39 is 59.7 Å². The van der Waals surface area contributed by atoms with Crippen molar-refractivity contribution in [2.45, 2.75) is 51.1 Å². The summed E-state index contributed by atoms with van der Waals surface area (Å²) in [5.41, 5.74) is -3.03. The molecule has 0 amide bonds. The lowest BCUT2D eigenvalue weighted by Crippen LogP contribution is -2.39. The monoisotopic (exact) mass is 423 g/mol. The highest BCUT2D eigenvalue weighted by atomic mass is 16.8. The van der Waals surface area contributed by atoms with Crippen LogP contribution in [0.4, 0.5) is 0 Å². The van der Waals surface area contributed by atoms with Gasteiger partial charge in [-0.1, -0.05) is 0 Å². The molecule has 2 aliphatic rings. The first-order valence-corrected chi connectivity index (χ1v) is 9.37. The van der Waals surface area contributed by atoms with Crippen LogP contribution in [0.25, 0.3) is 11.0 Å². The maximum Gasteiger partial charge on any atom is 0.343 e. The van der Waals surface area contributed by atoms with Gasteiger partial charge >= 0.3 is 11.7 Å². The molecule has 0 bridgehead atoms. The first-order valence-electron chi connectivity index (χ1n) is 9.37. The lowest BCUT2D eigenvalue weighted by Gasteiger charge is -2.25. The predicted molar refractivity (Wildman–Crippen MR) is 100 cm³/mol. The number of aromatic amines is 2. The second kappa shape index (κ2) is 7.16. The van der Waals surface area contributed by atoms with Gasteiger partial charge in [-0.25, -0.2) is 14.2 Å². The van der Waals surface area contributed by atoms with Gasteiger partial charge < -0.3 is 29.0 Å². The van der Waals surface area contributed by atoms with E-state index in [9.17, 15) is 24.3 Å². The number of pyridine rings is 1. The number of rotatable bonds is 4. The molecule has 4 atom stereocenters. The molecule has 4 heterocycles. The number of aliphatic hydroxyl groups is 1. The van der Waals surface area contributed by atoms with Crippen molar-refractivity contribution in [3.05, 3.63) is 42.8 Å². The summed E-state index contributed by atoms with van der Waals surface area (Å²) < 4.78 is 23.3. The number of aromatic nitrogens is 3. The molecule has 2 aromatic heterocycles. The van der Waals surface area contributed by atoms with Crippen LogP contribution in [0.5, 0.6) is 0 Å². The van der Waals surface area contributed by atoms with E-state index in [-0.39, 0.29) is 23.2 Å². The SMILES string of the molecule is CCOC(=O)c1cc2c(=O)[nH]c(=O)n([C@@H]3O[C@H](CO)[C@H]4OC(C)(C)O[C@H]43)c2[nH]c1=O. The molecular formula is C18H21N3O9. The van der Waals surface area contributed by atoms with Crippen molar-refractivity contribution >= 4 is 17.0 Å². The molecule has 0 spiro atoms. The molecule has 162 valence electrons. The maximum atomic E-state index is 12.7. The van der Waals surface area contributed by atoms with Crippen molar-refractivity contribution in [1.82, 2.24) is 14.5 Å². The Hall–Kier alpha value is -2.80. The summed E-state index contributed by atoms with van der Waals surface area (Å²) in [4.78, 5) is 54.1. The Morgan fingerprint density at radius 2 is 1.90 bits per heavy atom. The Kier molecular flexibility index (Phi) is 4.89. The van der Waals surface area contributed by atoms with Crippen LogP contribution in [0.3, 0.4) is 0 Å². The smallest absolute Gasteiger partial charge is 0.343 e. The molecule has 2 saturated heterocycles. The van der Waals surface area contributed by atoms with E-state index in [4.69, 9.17) is 18.9 Å². The maximum absolute atomic E-state index is 12.7. The van der Waals surface area contributed by atoms with Crippen LogP contribution in [-0.2, 0) is 18.9 Å². The number of esters is 1.